The number of benzene rings is 3. The van der Waals surface area contributed by atoms with Gasteiger partial charge < -0.3 is 19.2 Å². The average molecular weight is 671 g/mol. The Morgan fingerprint density at radius 2 is 1.60 bits per heavy atom. The lowest BCUT2D eigenvalue weighted by atomic mass is 9.99. The fourth-order valence-corrected chi connectivity index (χ4v) is 4.95. The Morgan fingerprint density at radius 3 is 2.25 bits per heavy atom. The molecule has 4 rings (SSSR count). The molecule has 0 fully saturated rings. The number of carbonyl (C=O) groups is 2. The van der Waals surface area contributed by atoms with Gasteiger partial charge in [0.05, 0.1) is 0 Å². The summed E-state index contributed by atoms with van der Waals surface area (Å²) in [4.78, 5) is 38.6. The van der Waals surface area contributed by atoms with Crippen molar-refractivity contribution in [1.29, 1.82) is 0 Å². The molecule has 7 nitrogen and oxygen atoms in total. The van der Waals surface area contributed by atoms with E-state index in [2.05, 4.69) is 37.2 Å². The second kappa shape index (κ2) is 13.8. The van der Waals surface area contributed by atoms with Crippen LogP contribution < -0.4 is 15.7 Å². The highest BCUT2D eigenvalue weighted by molar-refractivity contribution is 9.12. The molecule has 40 heavy (non-hydrogen) atoms. The van der Waals surface area contributed by atoms with Gasteiger partial charge in [-0.15, -0.1) is 0 Å². The topological polar surface area (TPSA) is 94.8 Å². The van der Waals surface area contributed by atoms with Crippen LogP contribution in [0.15, 0.2) is 82.0 Å². The molecule has 208 valence electrons. The number of hydrogen-bond donors (Lipinski definition) is 1. The molecule has 0 saturated carbocycles. The minimum Gasteiger partial charge on any atom is -0.445 e. The number of carbonyl (C=O) groups excluding carboxylic acids is 2. The largest absolute Gasteiger partial charge is 0.445 e. The van der Waals surface area contributed by atoms with E-state index in [4.69, 9.17) is 13.9 Å². The third-order valence-electron chi connectivity index (χ3n) is 6.38. The van der Waals surface area contributed by atoms with Crippen molar-refractivity contribution in [3.63, 3.8) is 0 Å². The Kier molecular flexibility index (Phi) is 10.2. The van der Waals surface area contributed by atoms with Crippen molar-refractivity contribution in [2.75, 3.05) is 5.33 Å². The predicted octanol–water partition coefficient (Wildman–Crippen LogP) is 6.55. The van der Waals surface area contributed by atoms with Gasteiger partial charge in [0.1, 0.15) is 24.0 Å². The quantitative estimate of drug-likeness (QED) is 0.0890. The van der Waals surface area contributed by atoms with Crippen LogP contribution in [0.4, 0.5) is 4.79 Å². The van der Waals surface area contributed by atoms with Crippen molar-refractivity contribution in [3.8, 4) is 5.75 Å². The van der Waals surface area contributed by atoms with E-state index in [9.17, 15) is 14.4 Å². The van der Waals surface area contributed by atoms with Crippen molar-refractivity contribution in [1.82, 2.24) is 5.32 Å². The van der Waals surface area contributed by atoms with Crippen molar-refractivity contribution in [2.45, 2.75) is 44.2 Å². The lowest BCUT2D eigenvalue weighted by Crippen LogP contribution is -2.44. The van der Waals surface area contributed by atoms with Crippen LogP contribution in [0.1, 0.15) is 27.8 Å². The molecule has 9 heteroatoms. The summed E-state index contributed by atoms with van der Waals surface area (Å²) in [6, 6.07) is 20.9. The van der Waals surface area contributed by atoms with Gasteiger partial charge in [0, 0.05) is 33.6 Å². The highest BCUT2D eigenvalue weighted by atomic mass is 79.9. The predicted molar refractivity (Wildman–Crippen MR) is 162 cm³/mol. The lowest BCUT2D eigenvalue weighted by Gasteiger charge is -2.21. The first-order valence-corrected chi connectivity index (χ1v) is 14.8. The zero-order chi connectivity index (χ0) is 28.6. The van der Waals surface area contributed by atoms with Crippen LogP contribution >= 0.6 is 31.9 Å². The number of esters is 1. The van der Waals surface area contributed by atoms with Gasteiger partial charge in [0.15, 0.2) is 0 Å². The molecule has 1 N–H and O–H groups in total. The maximum atomic E-state index is 13.7. The molecule has 1 aromatic heterocycles. The van der Waals surface area contributed by atoms with Crippen LogP contribution in [0.2, 0.25) is 0 Å². The maximum absolute atomic E-state index is 13.7. The number of hydrogen-bond acceptors (Lipinski definition) is 6. The van der Waals surface area contributed by atoms with Gasteiger partial charge in [-0.25, -0.2) is 14.4 Å². The number of alkyl halides is 2. The molecule has 0 aliphatic heterocycles. The normalized spacial score (nSPS) is 12.5. The molecule has 2 unspecified atom stereocenters. The van der Waals surface area contributed by atoms with Crippen LogP contribution in [-0.2, 0) is 29.0 Å². The molecule has 1 heterocycles. The fourth-order valence-electron chi connectivity index (χ4n) is 4.37. The first-order valence-electron chi connectivity index (χ1n) is 12.7. The SMILES string of the molecule is Cc1cc(=O)oc2c(C)c(OC(=O)C(Cc3ccccc3)NC(=O)OCc3ccccc3)c(CC(Br)CBr)cc12. The highest BCUT2D eigenvalue weighted by Gasteiger charge is 2.27. The molecule has 4 aromatic rings. The number of rotatable bonds is 10. The zero-order valence-corrected chi connectivity index (χ0v) is 25.3. The molecule has 0 spiro atoms. The van der Waals surface area contributed by atoms with Crippen molar-refractivity contribution < 1.29 is 23.5 Å². The van der Waals surface area contributed by atoms with Gasteiger partial charge in [-0.3, -0.25) is 0 Å². The smallest absolute Gasteiger partial charge is 0.408 e. The second-order valence-electron chi connectivity index (χ2n) is 9.44. The molecule has 3 aromatic carbocycles. The summed E-state index contributed by atoms with van der Waals surface area (Å²) < 4.78 is 16.9. The molecule has 0 radical (unpaired) electrons. The van der Waals surface area contributed by atoms with Crippen LogP contribution in [-0.4, -0.2) is 28.3 Å². The number of fused-ring (bicyclic) bond motifs is 1. The zero-order valence-electron chi connectivity index (χ0n) is 22.1. The van der Waals surface area contributed by atoms with Crippen LogP contribution in [0.5, 0.6) is 5.75 Å². The summed E-state index contributed by atoms with van der Waals surface area (Å²) in [5.41, 5.74) is 3.60. The lowest BCUT2D eigenvalue weighted by molar-refractivity contribution is -0.136. The Balaban J connectivity index is 1.64. The van der Waals surface area contributed by atoms with E-state index in [0.717, 1.165) is 27.6 Å². The minimum absolute atomic E-state index is 0.0593. The average Bonchev–Trinajstić information content (AvgIpc) is 2.95. The van der Waals surface area contributed by atoms with Gasteiger partial charge in [-0.1, -0.05) is 92.5 Å². The number of alkyl carbamates (subject to hydrolysis) is 1. The third kappa shape index (κ3) is 7.61. The molecule has 0 aliphatic rings. The molecule has 2 atom stereocenters. The van der Waals surface area contributed by atoms with Crippen molar-refractivity contribution >= 4 is 54.9 Å². The number of halogens is 2. The van der Waals surface area contributed by atoms with E-state index in [-0.39, 0.29) is 17.9 Å². The summed E-state index contributed by atoms with van der Waals surface area (Å²) in [6.07, 6.45) is -0.00342. The van der Waals surface area contributed by atoms with Gasteiger partial charge >= 0.3 is 17.7 Å². The summed E-state index contributed by atoms with van der Waals surface area (Å²) in [7, 11) is 0. The van der Waals surface area contributed by atoms with E-state index in [0.29, 0.717) is 28.6 Å². The fraction of sp³-hybridized carbons (Fsp3) is 0.258. The summed E-state index contributed by atoms with van der Waals surface area (Å²) >= 11 is 7.12. The molecule has 1 amide bonds. The third-order valence-corrected chi connectivity index (χ3v) is 8.68. The van der Waals surface area contributed by atoms with Crippen LogP contribution in [0.25, 0.3) is 11.0 Å². The van der Waals surface area contributed by atoms with Crippen molar-refractivity contribution in [3.05, 3.63) is 111 Å². The minimum atomic E-state index is -1.03. The monoisotopic (exact) mass is 669 g/mol. The number of ether oxygens (including phenoxy) is 2. The van der Waals surface area contributed by atoms with E-state index in [1.54, 1.807) is 6.92 Å². The second-order valence-corrected chi connectivity index (χ2v) is 11.4. The Morgan fingerprint density at radius 1 is 0.950 bits per heavy atom. The van der Waals surface area contributed by atoms with E-state index in [1.807, 2.05) is 73.7 Å². The molecule has 0 bridgehead atoms. The summed E-state index contributed by atoms with van der Waals surface area (Å²) in [5, 5.41) is 4.12. The molecular weight excluding hydrogens is 642 g/mol. The van der Waals surface area contributed by atoms with E-state index in [1.165, 1.54) is 6.07 Å². The van der Waals surface area contributed by atoms with Gasteiger partial charge in [0.25, 0.3) is 0 Å². The Bertz CT molecular complexity index is 1540. The highest BCUT2D eigenvalue weighted by Crippen LogP contribution is 2.34. The maximum Gasteiger partial charge on any atom is 0.408 e. The summed E-state index contributed by atoms with van der Waals surface area (Å²) in [6.45, 7) is 3.65. The van der Waals surface area contributed by atoms with Crippen LogP contribution in [0.3, 0.4) is 0 Å². The summed E-state index contributed by atoms with van der Waals surface area (Å²) in [5.74, 6) is -0.363. The number of aryl methyl sites for hydroxylation is 2. The van der Waals surface area contributed by atoms with Gasteiger partial charge in [-0.05, 0) is 48.6 Å². The first kappa shape index (κ1) is 29.6. The first-order chi connectivity index (χ1) is 19.2. The van der Waals surface area contributed by atoms with Gasteiger partial charge in [-0.2, -0.15) is 0 Å². The van der Waals surface area contributed by atoms with Crippen LogP contribution in [0, 0.1) is 13.8 Å². The van der Waals surface area contributed by atoms with E-state index >= 15 is 0 Å². The standard InChI is InChI=1S/C31H29Br2NO6/c1-19-13-27(35)39-29-20(2)28(23(16-25(19)29)15-24(33)17-32)40-30(36)26(14-21-9-5-3-6-10-21)34-31(37)38-18-22-11-7-4-8-12-22/h3-13,16,24,26H,14-15,17-18H2,1-2H3,(H,34,37). The number of nitrogens with one attached hydrogen (secondary N) is 1. The Labute approximate surface area is 249 Å². The Hall–Kier alpha value is -3.43. The van der Waals surface area contributed by atoms with Crippen molar-refractivity contribution in [2.24, 2.45) is 0 Å². The van der Waals surface area contributed by atoms with Gasteiger partial charge in [0.2, 0.25) is 0 Å². The van der Waals surface area contributed by atoms with E-state index < -0.39 is 23.7 Å². The number of amides is 1. The molecular formula is C31H29Br2NO6. The molecule has 0 aliphatic carbocycles. The molecule has 0 saturated heterocycles.